The van der Waals surface area contributed by atoms with Crippen LogP contribution in [0.25, 0.3) is 0 Å². The van der Waals surface area contributed by atoms with Gasteiger partial charge in [-0.25, -0.2) is 0 Å². The van der Waals surface area contributed by atoms with Crippen LogP contribution in [0.1, 0.15) is 57.2 Å². The molecule has 1 aliphatic heterocycles. The summed E-state index contributed by atoms with van der Waals surface area (Å²) in [5.41, 5.74) is 6.12. The average Bonchev–Trinajstić information content (AvgIpc) is 2.84. The van der Waals surface area contributed by atoms with Crippen molar-refractivity contribution in [2.45, 2.75) is 45.7 Å². The number of hydrogen-bond acceptors (Lipinski definition) is 4. The van der Waals surface area contributed by atoms with Gasteiger partial charge < -0.3 is 10.1 Å². The Labute approximate surface area is 196 Å². The van der Waals surface area contributed by atoms with Gasteiger partial charge in [-0.3, -0.25) is 14.7 Å². The summed E-state index contributed by atoms with van der Waals surface area (Å²) in [6.07, 6.45) is 1.98. The first-order chi connectivity index (χ1) is 16.0. The lowest BCUT2D eigenvalue weighted by Crippen LogP contribution is -2.34. The molecule has 3 aromatic rings. The molecule has 1 saturated heterocycles. The van der Waals surface area contributed by atoms with Crippen molar-refractivity contribution in [2.24, 2.45) is 0 Å². The third-order valence-corrected chi connectivity index (χ3v) is 6.44. The Morgan fingerprint density at radius 2 is 1.76 bits per heavy atom. The maximum Gasteiger partial charge on any atom is 0.253 e. The predicted molar refractivity (Wildman–Crippen MR) is 132 cm³/mol. The molecule has 4 rings (SSSR count). The van der Waals surface area contributed by atoms with Crippen molar-refractivity contribution in [3.05, 3.63) is 94.3 Å². The van der Waals surface area contributed by atoms with Crippen LogP contribution in [0.4, 0.5) is 0 Å². The fourth-order valence-electron chi connectivity index (χ4n) is 4.50. The molecular weight excluding hydrogens is 410 g/mol. The van der Waals surface area contributed by atoms with Crippen molar-refractivity contribution < 1.29 is 9.53 Å². The van der Waals surface area contributed by atoms with Crippen molar-refractivity contribution in [3.63, 3.8) is 0 Å². The van der Waals surface area contributed by atoms with E-state index in [0.717, 1.165) is 55.2 Å². The molecule has 172 valence electrons. The molecule has 5 heteroatoms. The van der Waals surface area contributed by atoms with Gasteiger partial charge in [0.2, 0.25) is 0 Å². The van der Waals surface area contributed by atoms with Crippen LogP contribution in [-0.2, 0) is 13.1 Å². The molecule has 0 unspecified atom stereocenters. The zero-order chi connectivity index (χ0) is 23.2. The summed E-state index contributed by atoms with van der Waals surface area (Å²) in [5.74, 6) is 1.18. The second-order valence-electron chi connectivity index (χ2n) is 8.92. The first-order valence-electron chi connectivity index (χ1n) is 11.7. The monoisotopic (exact) mass is 443 g/mol. The van der Waals surface area contributed by atoms with Crippen molar-refractivity contribution in [3.8, 4) is 5.75 Å². The number of rotatable bonds is 7. The summed E-state index contributed by atoms with van der Waals surface area (Å²) in [5, 5.41) is 3.08. The van der Waals surface area contributed by atoms with Gasteiger partial charge in [-0.2, -0.15) is 0 Å². The number of hydrogen-bond donors (Lipinski definition) is 1. The van der Waals surface area contributed by atoms with Crippen LogP contribution >= 0.6 is 0 Å². The fraction of sp³-hybridized carbons (Fsp3) is 0.357. The van der Waals surface area contributed by atoms with Gasteiger partial charge in [0.1, 0.15) is 5.75 Å². The molecule has 1 amide bonds. The van der Waals surface area contributed by atoms with Gasteiger partial charge in [-0.05, 0) is 63.5 Å². The number of aryl methyl sites for hydroxylation is 2. The molecule has 0 saturated carbocycles. The summed E-state index contributed by atoms with van der Waals surface area (Å²) in [7, 11) is 1.72. The highest BCUT2D eigenvalue weighted by Gasteiger charge is 2.26. The van der Waals surface area contributed by atoms with Gasteiger partial charge in [-0.1, -0.05) is 48.0 Å². The van der Waals surface area contributed by atoms with Crippen molar-refractivity contribution in [1.29, 1.82) is 0 Å². The van der Waals surface area contributed by atoms with Crippen molar-refractivity contribution >= 4 is 5.91 Å². The molecule has 1 N–H and O–H groups in total. The number of benzene rings is 2. The Kier molecular flexibility index (Phi) is 7.40. The molecule has 5 nitrogen and oxygen atoms in total. The number of ether oxygens (including phenoxy) is 1. The molecule has 0 spiro atoms. The molecule has 1 aliphatic rings. The van der Waals surface area contributed by atoms with Crippen LogP contribution in [-0.4, -0.2) is 36.0 Å². The van der Waals surface area contributed by atoms with E-state index in [0.29, 0.717) is 18.0 Å². The first-order valence-corrected chi connectivity index (χ1v) is 11.7. The second-order valence-corrected chi connectivity index (χ2v) is 8.92. The topological polar surface area (TPSA) is 54.5 Å². The minimum absolute atomic E-state index is 0.0467. The van der Waals surface area contributed by atoms with Crippen LogP contribution < -0.4 is 10.1 Å². The maximum atomic E-state index is 13.1. The van der Waals surface area contributed by atoms with E-state index < -0.39 is 0 Å². The third kappa shape index (κ3) is 5.79. The zero-order valence-electron chi connectivity index (χ0n) is 19.8. The van der Waals surface area contributed by atoms with E-state index in [2.05, 4.69) is 53.5 Å². The maximum absolute atomic E-state index is 13.1. The average molecular weight is 444 g/mol. The highest BCUT2D eigenvalue weighted by atomic mass is 16.5. The number of pyridine rings is 1. The Bertz CT molecular complexity index is 1090. The molecule has 0 radical (unpaired) electrons. The normalized spacial score (nSPS) is 14.8. The predicted octanol–water partition coefficient (Wildman–Crippen LogP) is 5.02. The van der Waals surface area contributed by atoms with E-state index in [1.807, 2.05) is 31.2 Å². The number of nitrogens with zero attached hydrogens (tertiary/aromatic N) is 2. The van der Waals surface area contributed by atoms with E-state index in [-0.39, 0.29) is 5.91 Å². The molecule has 0 bridgehead atoms. The SMILES string of the molecule is COc1ccccc1CN1CCC(c2nc(C)ccc2C(=O)NCc2ccc(C)cc2)CC1. The number of aromatic nitrogens is 1. The number of amides is 1. The fourth-order valence-corrected chi connectivity index (χ4v) is 4.50. The molecular formula is C28H33N3O2. The summed E-state index contributed by atoms with van der Waals surface area (Å²) < 4.78 is 5.51. The number of methoxy groups -OCH3 is 1. The van der Waals surface area contributed by atoms with Crippen LogP contribution in [0.15, 0.2) is 60.7 Å². The van der Waals surface area contributed by atoms with E-state index >= 15 is 0 Å². The third-order valence-electron chi connectivity index (χ3n) is 6.44. The van der Waals surface area contributed by atoms with Gasteiger partial charge in [0.25, 0.3) is 5.91 Å². The summed E-state index contributed by atoms with van der Waals surface area (Å²) in [6, 6.07) is 20.3. The van der Waals surface area contributed by atoms with Gasteiger partial charge in [0.05, 0.1) is 18.4 Å². The Morgan fingerprint density at radius 3 is 2.48 bits per heavy atom. The minimum atomic E-state index is -0.0467. The summed E-state index contributed by atoms with van der Waals surface area (Å²) >= 11 is 0. The van der Waals surface area contributed by atoms with Crippen LogP contribution in [0.5, 0.6) is 5.75 Å². The van der Waals surface area contributed by atoms with E-state index in [1.165, 1.54) is 11.1 Å². The summed E-state index contributed by atoms with van der Waals surface area (Å²) in [4.78, 5) is 20.3. The van der Waals surface area contributed by atoms with Crippen LogP contribution in [0, 0.1) is 13.8 Å². The van der Waals surface area contributed by atoms with Gasteiger partial charge in [-0.15, -0.1) is 0 Å². The Hall–Kier alpha value is -3.18. The smallest absolute Gasteiger partial charge is 0.253 e. The standard InChI is InChI=1S/C28H33N3O2/c1-20-8-11-22(12-9-20)18-29-28(32)25-13-10-21(2)30-27(25)23-14-16-31(17-15-23)19-24-6-4-5-7-26(24)33-3/h4-13,23H,14-19H2,1-3H3,(H,29,32). The van der Waals surface area contributed by atoms with Crippen molar-refractivity contribution in [1.82, 2.24) is 15.2 Å². The lowest BCUT2D eigenvalue weighted by atomic mass is 9.89. The van der Waals surface area contributed by atoms with E-state index in [4.69, 9.17) is 9.72 Å². The second kappa shape index (κ2) is 10.6. The summed E-state index contributed by atoms with van der Waals surface area (Å²) in [6.45, 7) is 7.40. The number of para-hydroxylation sites is 1. The molecule has 1 fully saturated rings. The highest BCUT2D eigenvalue weighted by Crippen LogP contribution is 2.31. The first kappa shape index (κ1) is 23.0. The molecule has 2 aromatic carbocycles. The number of carbonyl (C=O) groups is 1. The molecule has 0 aliphatic carbocycles. The molecule has 2 heterocycles. The van der Waals surface area contributed by atoms with Gasteiger partial charge in [0.15, 0.2) is 0 Å². The quantitative estimate of drug-likeness (QED) is 0.557. The largest absolute Gasteiger partial charge is 0.496 e. The lowest BCUT2D eigenvalue weighted by molar-refractivity contribution is 0.0948. The molecule has 1 aromatic heterocycles. The minimum Gasteiger partial charge on any atom is -0.496 e. The lowest BCUT2D eigenvalue weighted by Gasteiger charge is -2.32. The van der Waals surface area contributed by atoms with E-state index in [1.54, 1.807) is 7.11 Å². The molecule has 0 atom stereocenters. The number of piperidine rings is 1. The number of nitrogens with one attached hydrogen (secondary N) is 1. The highest BCUT2D eigenvalue weighted by molar-refractivity contribution is 5.95. The van der Waals surface area contributed by atoms with Crippen LogP contribution in [0.2, 0.25) is 0 Å². The molecule has 33 heavy (non-hydrogen) atoms. The number of likely N-dealkylation sites (tertiary alicyclic amines) is 1. The Balaban J connectivity index is 1.41. The van der Waals surface area contributed by atoms with Crippen LogP contribution in [0.3, 0.4) is 0 Å². The van der Waals surface area contributed by atoms with Crippen molar-refractivity contribution in [2.75, 3.05) is 20.2 Å². The van der Waals surface area contributed by atoms with Gasteiger partial charge in [0, 0.05) is 30.3 Å². The van der Waals surface area contributed by atoms with E-state index in [9.17, 15) is 4.79 Å². The number of carbonyl (C=O) groups excluding carboxylic acids is 1. The Morgan fingerprint density at radius 1 is 1.03 bits per heavy atom. The zero-order valence-corrected chi connectivity index (χ0v) is 19.8. The van der Waals surface area contributed by atoms with Gasteiger partial charge >= 0.3 is 0 Å².